The summed E-state index contributed by atoms with van der Waals surface area (Å²) in [4.78, 5) is 4.15. The summed E-state index contributed by atoms with van der Waals surface area (Å²) in [5, 5.41) is 4.04. The third-order valence-electron chi connectivity index (χ3n) is 2.46. The van der Waals surface area contributed by atoms with Crippen molar-refractivity contribution >= 4 is 16.0 Å². The van der Waals surface area contributed by atoms with E-state index in [1.165, 1.54) is 23.1 Å². The number of nitrogens with one attached hydrogen (secondary N) is 1. The summed E-state index contributed by atoms with van der Waals surface area (Å²) in [5.74, 6) is 0.205. The molecule has 7 heteroatoms. The second-order valence-corrected chi connectivity index (χ2v) is 6.77. The van der Waals surface area contributed by atoms with Gasteiger partial charge in [0.05, 0.1) is 10.4 Å². The van der Waals surface area contributed by atoms with E-state index in [4.69, 9.17) is 0 Å². The van der Waals surface area contributed by atoms with E-state index in [0.717, 1.165) is 0 Å². The summed E-state index contributed by atoms with van der Waals surface area (Å²) in [6.07, 6.45) is 1.33. The maximum absolute atomic E-state index is 12.2. The number of nitrogens with zero attached hydrogens (tertiary/aromatic N) is 3. The minimum absolute atomic E-state index is 0.193. The van der Waals surface area contributed by atoms with Crippen molar-refractivity contribution < 1.29 is 8.42 Å². The van der Waals surface area contributed by atoms with Gasteiger partial charge in [0.2, 0.25) is 5.95 Å². The summed E-state index contributed by atoms with van der Waals surface area (Å²) in [6, 6.07) is 8.16. The van der Waals surface area contributed by atoms with Crippen LogP contribution in [0.3, 0.4) is 0 Å². The lowest BCUT2D eigenvalue weighted by Gasteiger charge is -2.21. The average Bonchev–Trinajstić information content (AvgIpc) is 2.77. The standard InChI is InChI=1S/C12H16N4O2S/c1-12(2,3)16-11(13-9-14-16)15-19(17,18)10-7-5-4-6-8-10/h4-9H,1-3H3,(H,13,14,15). The number of hydrogen-bond acceptors (Lipinski definition) is 4. The molecule has 0 aliphatic carbocycles. The van der Waals surface area contributed by atoms with Crippen molar-refractivity contribution in [1.29, 1.82) is 0 Å². The third-order valence-corrected chi connectivity index (χ3v) is 3.81. The van der Waals surface area contributed by atoms with Crippen molar-refractivity contribution in [1.82, 2.24) is 14.8 Å². The molecule has 1 aromatic heterocycles. The largest absolute Gasteiger partial charge is 0.264 e. The van der Waals surface area contributed by atoms with Crippen LogP contribution in [0.2, 0.25) is 0 Å². The highest BCUT2D eigenvalue weighted by Gasteiger charge is 2.22. The van der Waals surface area contributed by atoms with E-state index < -0.39 is 10.0 Å². The van der Waals surface area contributed by atoms with Gasteiger partial charge in [-0.15, -0.1) is 0 Å². The van der Waals surface area contributed by atoms with Gasteiger partial charge in [0.1, 0.15) is 6.33 Å². The van der Waals surface area contributed by atoms with Crippen LogP contribution in [0.25, 0.3) is 0 Å². The summed E-state index contributed by atoms with van der Waals surface area (Å²) in [5.41, 5.74) is -0.356. The molecule has 0 atom stereocenters. The molecule has 2 aromatic rings. The van der Waals surface area contributed by atoms with Crippen LogP contribution in [-0.4, -0.2) is 23.2 Å². The Morgan fingerprint density at radius 2 is 1.79 bits per heavy atom. The van der Waals surface area contributed by atoms with E-state index >= 15 is 0 Å². The normalized spacial score (nSPS) is 12.4. The quantitative estimate of drug-likeness (QED) is 0.930. The third kappa shape index (κ3) is 2.93. The van der Waals surface area contributed by atoms with E-state index in [1.807, 2.05) is 20.8 Å². The SMILES string of the molecule is CC(C)(C)n1ncnc1NS(=O)(=O)c1ccccc1. The van der Waals surface area contributed by atoms with Crippen molar-refractivity contribution in [3.8, 4) is 0 Å². The molecule has 0 aliphatic heterocycles. The first-order valence-corrected chi connectivity index (χ1v) is 7.27. The Balaban J connectivity index is 2.35. The first kappa shape index (κ1) is 13.5. The molecule has 0 spiro atoms. The van der Waals surface area contributed by atoms with Gasteiger partial charge in [-0.3, -0.25) is 0 Å². The number of aromatic nitrogens is 3. The second-order valence-electron chi connectivity index (χ2n) is 5.08. The number of rotatable bonds is 3. The highest BCUT2D eigenvalue weighted by atomic mass is 32.2. The Bertz CT molecular complexity index is 657. The van der Waals surface area contributed by atoms with Gasteiger partial charge in [-0.2, -0.15) is 10.1 Å². The predicted molar refractivity (Wildman–Crippen MR) is 72.3 cm³/mol. The predicted octanol–water partition coefficient (Wildman–Crippen LogP) is 1.83. The van der Waals surface area contributed by atoms with Crippen molar-refractivity contribution in [2.24, 2.45) is 0 Å². The second kappa shape index (κ2) is 4.65. The smallest absolute Gasteiger partial charge is 0.247 e. The molecule has 0 saturated carbocycles. The van der Waals surface area contributed by atoms with Crippen LogP contribution in [0.5, 0.6) is 0 Å². The van der Waals surface area contributed by atoms with E-state index in [2.05, 4.69) is 14.8 Å². The molecule has 1 N–H and O–H groups in total. The molecule has 0 bridgehead atoms. The molecular weight excluding hydrogens is 264 g/mol. The van der Waals surface area contributed by atoms with Crippen molar-refractivity contribution in [2.75, 3.05) is 4.72 Å². The van der Waals surface area contributed by atoms with Gasteiger partial charge >= 0.3 is 0 Å². The van der Waals surface area contributed by atoms with E-state index in [-0.39, 0.29) is 16.4 Å². The number of hydrogen-bond donors (Lipinski definition) is 1. The Hall–Kier alpha value is -1.89. The molecule has 0 saturated heterocycles. The maximum Gasteiger partial charge on any atom is 0.264 e. The van der Waals surface area contributed by atoms with Crippen molar-refractivity contribution in [3.63, 3.8) is 0 Å². The number of anilines is 1. The van der Waals surface area contributed by atoms with Gasteiger partial charge in [-0.05, 0) is 32.9 Å². The fourth-order valence-corrected chi connectivity index (χ4v) is 2.59. The van der Waals surface area contributed by atoms with Crippen LogP contribution in [0.4, 0.5) is 5.95 Å². The molecule has 6 nitrogen and oxygen atoms in total. The maximum atomic E-state index is 12.2. The van der Waals surface area contributed by atoms with Crippen LogP contribution in [0.1, 0.15) is 20.8 Å². The molecule has 0 fully saturated rings. The molecule has 2 rings (SSSR count). The van der Waals surface area contributed by atoms with Gasteiger partial charge < -0.3 is 0 Å². The van der Waals surface area contributed by atoms with Gasteiger partial charge in [-0.25, -0.2) is 17.8 Å². The van der Waals surface area contributed by atoms with Crippen LogP contribution < -0.4 is 4.72 Å². The molecule has 0 unspecified atom stereocenters. The topological polar surface area (TPSA) is 76.9 Å². The van der Waals surface area contributed by atoms with E-state index in [1.54, 1.807) is 18.2 Å². The summed E-state index contributed by atoms with van der Waals surface area (Å²) < 4.78 is 28.4. The first-order chi connectivity index (χ1) is 8.81. The minimum atomic E-state index is -3.64. The van der Waals surface area contributed by atoms with Gasteiger partial charge in [0.15, 0.2) is 0 Å². The number of sulfonamides is 1. The average molecular weight is 280 g/mol. The Kier molecular flexibility index (Phi) is 3.32. The lowest BCUT2D eigenvalue weighted by atomic mass is 10.1. The van der Waals surface area contributed by atoms with Crippen LogP contribution in [0.15, 0.2) is 41.6 Å². The van der Waals surface area contributed by atoms with E-state index in [0.29, 0.717) is 0 Å². The fourth-order valence-electron chi connectivity index (χ4n) is 1.58. The molecular formula is C12H16N4O2S. The summed E-state index contributed by atoms with van der Waals surface area (Å²) >= 11 is 0. The molecule has 102 valence electrons. The lowest BCUT2D eigenvalue weighted by Crippen LogP contribution is -2.27. The van der Waals surface area contributed by atoms with Crippen LogP contribution >= 0.6 is 0 Å². The molecule has 0 amide bonds. The van der Waals surface area contributed by atoms with Gasteiger partial charge in [0, 0.05) is 0 Å². The zero-order chi connectivity index (χ0) is 14.1. The molecule has 1 aromatic carbocycles. The zero-order valence-electron chi connectivity index (χ0n) is 11.0. The van der Waals surface area contributed by atoms with E-state index in [9.17, 15) is 8.42 Å². The Labute approximate surface area is 112 Å². The van der Waals surface area contributed by atoms with Gasteiger partial charge in [-0.1, -0.05) is 18.2 Å². The first-order valence-electron chi connectivity index (χ1n) is 5.79. The molecule has 0 radical (unpaired) electrons. The number of benzene rings is 1. The van der Waals surface area contributed by atoms with Crippen molar-refractivity contribution in [2.45, 2.75) is 31.2 Å². The van der Waals surface area contributed by atoms with Gasteiger partial charge in [0.25, 0.3) is 10.0 Å². The van der Waals surface area contributed by atoms with Crippen LogP contribution in [0, 0.1) is 0 Å². The minimum Gasteiger partial charge on any atom is -0.247 e. The van der Waals surface area contributed by atoms with Crippen molar-refractivity contribution in [3.05, 3.63) is 36.7 Å². The highest BCUT2D eigenvalue weighted by Crippen LogP contribution is 2.19. The fraction of sp³-hybridized carbons (Fsp3) is 0.333. The Morgan fingerprint density at radius 1 is 1.16 bits per heavy atom. The van der Waals surface area contributed by atoms with Crippen LogP contribution in [-0.2, 0) is 15.6 Å². The molecule has 0 aliphatic rings. The summed E-state index contributed by atoms with van der Waals surface area (Å²) in [7, 11) is -3.64. The Morgan fingerprint density at radius 3 is 2.37 bits per heavy atom. The monoisotopic (exact) mass is 280 g/mol. The highest BCUT2D eigenvalue weighted by molar-refractivity contribution is 7.92. The zero-order valence-corrected chi connectivity index (χ0v) is 11.8. The molecule has 1 heterocycles. The summed E-state index contributed by atoms with van der Waals surface area (Å²) in [6.45, 7) is 5.76. The lowest BCUT2D eigenvalue weighted by molar-refractivity contribution is 0.361. The molecule has 19 heavy (non-hydrogen) atoms.